The molecule has 0 spiro atoms. The SMILES string of the molecule is CCC1(C(=O)N[C@H](C(=O)OC)C(C)C)CCCNC1. The Morgan fingerprint density at radius 3 is 2.53 bits per heavy atom. The molecule has 19 heavy (non-hydrogen) atoms. The van der Waals surface area contributed by atoms with E-state index in [1.807, 2.05) is 20.8 Å². The van der Waals surface area contributed by atoms with Crippen molar-refractivity contribution in [3.63, 3.8) is 0 Å². The third-order valence-electron chi connectivity index (χ3n) is 4.04. The Balaban J connectivity index is 2.77. The van der Waals surface area contributed by atoms with Crippen LogP contribution in [0.5, 0.6) is 0 Å². The molecule has 1 aliphatic heterocycles. The van der Waals surface area contributed by atoms with Gasteiger partial charge in [0, 0.05) is 6.54 Å². The van der Waals surface area contributed by atoms with E-state index in [1.54, 1.807) is 0 Å². The second-order valence-electron chi connectivity index (χ2n) is 5.63. The first-order valence-electron chi connectivity index (χ1n) is 7.06. The van der Waals surface area contributed by atoms with Crippen molar-refractivity contribution in [2.24, 2.45) is 11.3 Å². The third-order valence-corrected chi connectivity index (χ3v) is 4.04. The Bertz CT molecular complexity index is 323. The largest absolute Gasteiger partial charge is 0.467 e. The van der Waals surface area contributed by atoms with Gasteiger partial charge in [0.1, 0.15) is 6.04 Å². The number of nitrogens with one attached hydrogen (secondary N) is 2. The van der Waals surface area contributed by atoms with Gasteiger partial charge in [-0.3, -0.25) is 4.79 Å². The zero-order valence-corrected chi connectivity index (χ0v) is 12.4. The molecule has 2 atom stereocenters. The molecule has 1 heterocycles. The van der Waals surface area contributed by atoms with Gasteiger partial charge in [-0.05, 0) is 31.7 Å². The number of hydrogen-bond donors (Lipinski definition) is 2. The predicted octanol–water partition coefficient (Wildman–Crippen LogP) is 1.08. The average molecular weight is 270 g/mol. The van der Waals surface area contributed by atoms with E-state index in [0.717, 1.165) is 25.8 Å². The number of hydrogen-bond acceptors (Lipinski definition) is 4. The quantitative estimate of drug-likeness (QED) is 0.734. The molecule has 1 saturated heterocycles. The van der Waals surface area contributed by atoms with Gasteiger partial charge in [-0.25, -0.2) is 4.79 Å². The Hall–Kier alpha value is -1.10. The van der Waals surface area contributed by atoms with E-state index < -0.39 is 6.04 Å². The fourth-order valence-electron chi connectivity index (χ4n) is 2.54. The van der Waals surface area contributed by atoms with Crippen LogP contribution in [-0.2, 0) is 14.3 Å². The number of ether oxygens (including phenoxy) is 1. The minimum Gasteiger partial charge on any atom is -0.467 e. The molecule has 0 aliphatic carbocycles. The molecule has 110 valence electrons. The molecular weight excluding hydrogens is 244 g/mol. The summed E-state index contributed by atoms with van der Waals surface area (Å²) in [4.78, 5) is 24.2. The first-order chi connectivity index (χ1) is 8.96. The standard InChI is InChI=1S/C14H26N2O3/c1-5-14(7-6-8-15-9-14)13(18)16-11(10(2)3)12(17)19-4/h10-11,15H,5-9H2,1-4H3,(H,16,18)/t11-,14?/m0/s1. The smallest absolute Gasteiger partial charge is 0.328 e. The van der Waals surface area contributed by atoms with Crippen molar-refractivity contribution in [3.8, 4) is 0 Å². The van der Waals surface area contributed by atoms with Gasteiger partial charge in [0.05, 0.1) is 12.5 Å². The first-order valence-corrected chi connectivity index (χ1v) is 7.06. The topological polar surface area (TPSA) is 67.4 Å². The monoisotopic (exact) mass is 270 g/mol. The lowest BCUT2D eigenvalue weighted by Crippen LogP contribution is -2.55. The lowest BCUT2D eigenvalue weighted by molar-refractivity contribution is -0.148. The lowest BCUT2D eigenvalue weighted by atomic mass is 9.77. The lowest BCUT2D eigenvalue weighted by Gasteiger charge is -2.36. The predicted molar refractivity (Wildman–Crippen MR) is 73.6 cm³/mol. The molecule has 1 amide bonds. The summed E-state index contributed by atoms with van der Waals surface area (Å²) in [6, 6.07) is -0.567. The molecule has 1 rings (SSSR count). The van der Waals surface area contributed by atoms with E-state index in [0.29, 0.717) is 6.54 Å². The molecule has 1 unspecified atom stereocenters. The van der Waals surface area contributed by atoms with Crippen molar-refractivity contribution in [1.29, 1.82) is 0 Å². The van der Waals surface area contributed by atoms with Gasteiger partial charge in [0.25, 0.3) is 0 Å². The van der Waals surface area contributed by atoms with Gasteiger partial charge in [-0.2, -0.15) is 0 Å². The molecule has 0 aromatic heterocycles. The highest BCUT2D eigenvalue weighted by Crippen LogP contribution is 2.30. The van der Waals surface area contributed by atoms with E-state index >= 15 is 0 Å². The summed E-state index contributed by atoms with van der Waals surface area (Å²) in [7, 11) is 1.35. The van der Waals surface area contributed by atoms with Gasteiger partial charge in [-0.1, -0.05) is 20.8 Å². The van der Waals surface area contributed by atoms with E-state index in [9.17, 15) is 9.59 Å². The maximum absolute atomic E-state index is 12.5. The molecular formula is C14H26N2O3. The normalized spacial score (nSPS) is 24.9. The molecule has 0 saturated carbocycles. The van der Waals surface area contributed by atoms with Crippen molar-refractivity contribution in [1.82, 2.24) is 10.6 Å². The number of esters is 1. The third kappa shape index (κ3) is 3.69. The van der Waals surface area contributed by atoms with Crippen LogP contribution in [0.4, 0.5) is 0 Å². The summed E-state index contributed by atoms with van der Waals surface area (Å²) in [5, 5.41) is 6.15. The zero-order valence-electron chi connectivity index (χ0n) is 12.4. The second kappa shape index (κ2) is 6.89. The first kappa shape index (κ1) is 16.0. The molecule has 1 fully saturated rings. The van der Waals surface area contributed by atoms with Gasteiger partial charge in [0.2, 0.25) is 5.91 Å². The highest BCUT2D eigenvalue weighted by molar-refractivity contribution is 5.88. The number of amides is 1. The van der Waals surface area contributed by atoms with E-state index in [-0.39, 0.29) is 23.2 Å². The number of methoxy groups -OCH3 is 1. The van der Waals surface area contributed by atoms with Crippen LogP contribution in [0, 0.1) is 11.3 Å². The molecule has 1 aliphatic rings. The zero-order chi connectivity index (χ0) is 14.5. The minimum absolute atomic E-state index is 0.0156. The Morgan fingerprint density at radius 1 is 1.42 bits per heavy atom. The van der Waals surface area contributed by atoms with Gasteiger partial charge in [0.15, 0.2) is 0 Å². The highest BCUT2D eigenvalue weighted by Gasteiger charge is 2.40. The van der Waals surface area contributed by atoms with Crippen LogP contribution in [0.25, 0.3) is 0 Å². The van der Waals surface area contributed by atoms with Crippen LogP contribution in [0.3, 0.4) is 0 Å². The Labute approximate surface area is 115 Å². The maximum Gasteiger partial charge on any atom is 0.328 e. The van der Waals surface area contributed by atoms with Crippen molar-refractivity contribution >= 4 is 11.9 Å². The molecule has 0 radical (unpaired) electrons. The van der Waals surface area contributed by atoms with Crippen molar-refractivity contribution in [2.75, 3.05) is 20.2 Å². The van der Waals surface area contributed by atoms with Crippen LogP contribution in [0.1, 0.15) is 40.0 Å². The van der Waals surface area contributed by atoms with Crippen molar-refractivity contribution in [3.05, 3.63) is 0 Å². The molecule has 0 aromatic rings. The molecule has 5 nitrogen and oxygen atoms in total. The number of carbonyl (C=O) groups is 2. The Morgan fingerprint density at radius 2 is 2.11 bits per heavy atom. The fourth-order valence-corrected chi connectivity index (χ4v) is 2.54. The van der Waals surface area contributed by atoms with Gasteiger partial charge < -0.3 is 15.4 Å². The summed E-state index contributed by atoms with van der Waals surface area (Å²) < 4.78 is 4.76. The van der Waals surface area contributed by atoms with Crippen LogP contribution in [-0.4, -0.2) is 38.1 Å². The summed E-state index contributed by atoms with van der Waals surface area (Å²) in [5.74, 6) is -0.397. The van der Waals surface area contributed by atoms with Crippen LogP contribution >= 0.6 is 0 Å². The second-order valence-corrected chi connectivity index (χ2v) is 5.63. The van der Waals surface area contributed by atoms with E-state index in [2.05, 4.69) is 10.6 Å². The van der Waals surface area contributed by atoms with Gasteiger partial charge in [-0.15, -0.1) is 0 Å². The molecule has 0 aromatic carbocycles. The van der Waals surface area contributed by atoms with E-state index in [1.165, 1.54) is 7.11 Å². The number of piperidine rings is 1. The van der Waals surface area contributed by atoms with Crippen molar-refractivity contribution in [2.45, 2.75) is 46.1 Å². The minimum atomic E-state index is -0.567. The maximum atomic E-state index is 12.5. The number of rotatable bonds is 5. The highest BCUT2D eigenvalue weighted by atomic mass is 16.5. The fraction of sp³-hybridized carbons (Fsp3) is 0.857. The Kier molecular flexibility index (Phi) is 5.79. The molecule has 0 bridgehead atoms. The van der Waals surface area contributed by atoms with Crippen LogP contribution in [0.15, 0.2) is 0 Å². The van der Waals surface area contributed by atoms with Gasteiger partial charge >= 0.3 is 5.97 Å². The summed E-state index contributed by atoms with van der Waals surface area (Å²) in [6.45, 7) is 7.47. The molecule has 2 N–H and O–H groups in total. The summed E-state index contributed by atoms with van der Waals surface area (Å²) in [5.41, 5.74) is -0.389. The van der Waals surface area contributed by atoms with Crippen LogP contribution < -0.4 is 10.6 Å². The summed E-state index contributed by atoms with van der Waals surface area (Å²) in [6.07, 6.45) is 2.64. The average Bonchev–Trinajstić information content (AvgIpc) is 2.43. The van der Waals surface area contributed by atoms with Crippen LogP contribution in [0.2, 0.25) is 0 Å². The van der Waals surface area contributed by atoms with E-state index in [4.69, 9.17) is 4.74 Å². The van der Waals surface area contributed by atoms with Crippen molar-refractivity contribution < 1.29 is 14.3 Å². The number of carbonyl (C=O) groups excluding carboxylic acids is 2. The summed E-state index contributed by atoms with van der Waals surface area (Å²) >= 11 is 0. The molecule has 5 heteroatoms.